The first-order valence-corrected chi connectivity index (χ1v) is 6.92. The average molecular weight is 261 g/mol. The Kier molecular flexibility index (Phi) is 6.36. The van der Waals surface area contributed by atoms with E-state index in [2.05, 4.69) is 5.32 Å². The quantitative estimate of drug-likeness (QED) is 0.737. The first kappa shape index (κ1) is 14.3. The maximum absolute atomic E-state index is 11.5. The average Bonchev–Trinajstić information content (AvgIpc) is 2.30. The number of amides is 1. The van der Waals surface area contributed by atoms with Gasteiger partial charge in [0.25, 0.3) is 0 Å². The number of ether oxygens (including phenoxy) is 1. The summed E-state index contributed by atoms with van der Waals surface area (Å²) in [5.41, 5.74) is 0. The molecule has 98 valence electrons. The lowest BCUT2D eigenvalue weighted by atomic mass is 10.1. The van der Waals surface area contributed by atoms with Crippen LogP contribution in [0.3, 0.4) is 0 Å². The second-order valence-electron chi connectivity index (χ2n) is 4.21. The number of hydrogen-bond donors (Lipinski definition) is 2. The molecule has 0 aromatic rings. The summed E-state index contributed by atoms with van der Waals surface area (Å²) in [5.74, 6) is -0.441. The molecule has 0 saturated carbocycles. The van der Waals surface area contributed by atoms with E-state index in [0.717, 1.165) is 12.8 Å². The van der Waals surface area contributed by atoms with Crippen LogP contribution in [-0.2, 0) is 14.3 Å². The van der Waals surface area contributed by atoms with Crippen LogP contribution in [0.2, 0.25) is 0 Å². The standard InChI is InChI=1S/C11H19NO4S/c1-8(11(14)15)6-17-7-10(13)12-9-2-4-16-5-3-9/h8-9H,2-7H2,1H3,(H,12,13)(H,14,15). The fourth-order valence-corrected chi connectivity index (χ4v) is 2.39. The highest BCUT2D eigenvalue weighted by molar-refractivity contribution is 7.99. The molecule has 0 aliphatic carbocycles. The van der Waals surface area contributed by atoms with Gasteiger partial charge in [-0.25, -0.2) is 0 Å². The van der Waals surface area contributed by atoms with Crippen LogP contribution in [0.4, 0.5) is 0 Å². The van der Waals surface area contributed by atoms with Gasteiger partial charge < -0.3 is 15.2 Å². The van der Waals surface area contributed by atoms with E-state index in [1.807, 2.05) is 0 Å². The third-order valence-electron chi connectivity index (χ3n) is 2.61. The Hall–Kier alpha value is -0.750. The number of carboxylic acids is 1. The van der Waals surface area contributed by atoms with E-state index < -0.39 is 11.9 Å². The maximum Gasteiger partial charge on any atom is 0.307 e. The molecule has 1 fully saturated rings. The molecule has 0 bridgehead atoms. The molecule has 1 heterocycles. The summed E-state index contributed by atoms with van der Waals surface area (Å²) in [4.78, 5) is 22.1. The lowest BCUT2D eigenvalue weighted by molar-refractivity contribution is -0.140. The van der Waals surface area contributed by atoms with Gasteiger partial charge >= 0.3 is 5.97 Å². The molecule has 1 unspecified atom stereocenters. The molecular weight excluding hydrogens is 242 g/mol. The molecule has 1 aliphatic rings. The fourth-order valence-electron chi connectivity index (χ4n) is 1.51. The Bertz CT molecular complexity index is 266. The SMILES string of the molecule is CC(CSCC(=O)NC1CCOCC1)C(=O)O. The number of rotatable bonds is 6. The molecule has 1 saturated heterocycles. The van der Waals surface area contributed by atoms with Crippen molar-refractivity contribution in [2.45, 2.75) is 25.8 Å². The monoisotopic (exact) mass is 261 g/mol. The van der Waals surface area contributed by atoms with E-state index in [1.165, 1.54) is 11.8 Å². The van der Waals surface area contributed by atoms with Crippen molar-refractivity contribution in [3.05, 3.63) is 0 Å². The lowest BCUT2D eigenvalue weighted by Crippen LogP contribution is -2.39. The van der Waals surface area contributed by atoms with Crippen LogP contribution in [0.1, 0.15) is 19.8 Å². The van der Waals surface area contributed by atoms with Crippen LogP contribution in [0, 0.1) is 5.92 Å². The molecule has 6 heteroatoms. The Morgan fingerprint density at radius 3 is 2.71 bits per heavy atom. The van der Waals surface area contributed by atoms with Crippen molar-refractivity contribution in [3.8, 4) is 0 Å². The van der Waals surface area contributed by atoms with Crippen LogP contribution in [-0.4, -0.2) is 47.7 Å². The minimum absolute atomic E-state index is 0.0144. The Morgan fingerprint density at radius 2 is 2.12 bits per heavy atom. The van der Waals surface area contributed by atoms with Gasteiger partial charge in [-0.05, 0) is 12.8 Å². The molecule has 2 N–H and O–H groups in total. The lowest BCUT2D eigenvalue weighted by Gasteiger charge is -2.23. The van der Waals surface area contributed by atoms with Crippen molar-refractivity contribution in [3.63, 3.8) is 0 Å². The predicted octanol–water partition coefficient (Wildman–Crippen LogP) is 0.735. The zero-order valence-electron chi connectivity index (χ0n) is 9.98. The van der Waals surface area contributed by atoms with E-state index in [-0.39, 0.29) is 11.9 Å². The smallest absolute Gasteiger partial charge is 0.307 e. The fraction of sp³-hybridized carbons (Fsp3) is 0.818. The Balaban J connectivity index is 2.10. The van der Waals surface area contributed by atoms with Gasteiger partial charge in [0.2, 0.25) is 5.91 Å². The van der Waals surface area contributed by atoms with Crippen LogP contribution >= 0.6 is 11.8 Å². The summed E-state index contributed by atoms with van der Waals surface area (Å²) in [6.45, 7) is 3.05. The van der Waals surface area contributed by atoms with E-state index in [0.29, 0.717) is 24.7 Å². The molecule has 0 aromatic heterocycles. The highest BCUT2D eigenvalue weighted by atomic mass is 32.2. The summed E-state index contributed by atoms with van der Waals surface area (Å²) in [5, 5.41) is 11.6. The summed E-state index contributed by atoms with van der Waals surface area (Å²) in [6.07, 6.45) is 1.73. The van der Waals surface area contributed by atoms with Crippen LogP contribution in [0.15, 0.2) is 0 Å². The minimum Gasteiger partial charge on any atom is -0.481 e. The molecule has 0 aromatic carbocycles. The Labute approximate surface area is 105 Å². The summed E-state index contributed by atoms with van der Waals surface area (Å²) >= 11 is 1.36. The van der Waals surface area contributed by atoms with E-state index >= 15 is 0 Å². The topological polar surface area (TPSA) is 75.6 Å². The van der Waals surface area contributed by atoms with Crippen LogP contribution in [0.25, 0.3) is 0 Å². The molecule has 1 atom stereocenters. The molecule has 5 nitrogen and oxygen atoms in total. The van der Waals surface area contributed by atoms with Crippen molar-refractivity contribution in [1.82, 2.24) is 5.32 Å². The molecule has 1 rings (SSSR count). The van der Waals surface area contributed by atoms with Gasteiger partial charge in [-0.15, -0.1) is 0 Å². The Morgan fingerprint density at radius 1 is 1.47 bits per heavy atom. The maximum atomic E-state index is 11.5. The van der Waals surface area contributed by atoms with Gasteiger partial charge in [0.15, 0.2) is 0 Å². The van der Waals surface area contributed by atoms with Gasteiger partial charge in [-0.3, -0.25) is 9.59 Å². The minimum atomic E-state index is -0.817. The number of carbonyl (C=O) groups is 2. The van der Waals surface area contributed by atoms with Crippen molar-refractivity contribution in [2.75, 3.05) is 24.7 Å². The predicted molar refractivity (Wildman–Crippen MR) is 66.1 cm³/mol. The number of carboxylic acid groups (broad SMARTS) is 1. The van der Waals surface area contributed by atoms with Gasteiger partial charge in [0.1, 0.15) is 0 Å². The van der Waals surface area contributed by atoms with Crippen molar-refractivity contribution < 1.29 is 19.4 Å². The second kappa shape index (κ2) is 7.55. The van der Waals surface area contributed by atoms with Crippen molar-refractivity contribution in [1.29, 1.82) is 0 Å². The largest absolute Gasteiger partial charge is 0.481 e. The van der Waals surface area contributed by atoms with E-state index in [1.54, 1.807) is 6.92 Å². The molecular formula is C11H19NO4S. The third-order valence-corrected chi connectivity index (χ3v) is 3.81. The number of nitrogens with one attached hydrogen (secondary N) is 1. The molecule has 0 spiro atoms. The molecule has 1 amide bonds. The second-order valence-corrected chi connectivity index (χ2v) is 5.24. The zero-order chi connectivity index (χ0) is 12.7. The zero-order valence-corrected chi connectivity index (χ0v) is 10.8. The van der Waals surface area contributed by atoms with Crippen molar-refractivity contribution >= 4 is 23.6 Å². The first-order valence-electron chi connectivity index (χ1n) is 5.77. The summed E-state index contributed by atoms with van der Waals surface area (Å²) < 4.78 is 5.20. The molecule has 1 aliphatic heterocycles. The highest BCUT2D eigenvalue weighted by Gasteiger charge is 2.16. The van der Waals surface area contributed by atoms with Gasteiger partial charge in [0.05, 0.1) is 11.7 Å². The van der Waals surface area contributed by atoms with E-state index in [4.69, 9.17) is 9.84 Å². The van der Waals surface area contributed by atoms with Gasteiger partial charge in [0, 0.05) is 25.0 Å². The van der Waals surface area contributed by atoms with Crippen LogP contribution < -0.4 is 5.32 Å². The molecule has 0 radical (unpaired) electrons. The summed E-state index contributed by atoms with van der Waals surface area (Å²) in [7, 11) is 0. The third kappa shape index (κ3) is 5.93. The summed E-state index contributed by atoms with van der Waals surface area (Å²) in [6, 6.07) is 0.216. The first-order chi connectivity index (χ1) is 8.09. The van der Waals surface area contributed by atoms with Crippen molar-refractivity contribution in [2.24, 2.45) is 5.92 Å². The van der Waals surface area contributed by atoms with Crippen LogP contribution in [0.5, 0.6) is 0 Å². The number of aliphatic carboxylic acids is 1. The normalized spacial score (nSPS) is 18.6. The van der Waals surface area contributed by atoms with Gasteiger partial charge in [-0.2, -0.15) is 11.8 Å². The highest BCUT2D eigenvalue weighted by Crippen LogP contribution is 2.10. The molecule has 17 heavy (non-hydrogen) atoms. The van der Waals surface area contributed by atoms with Gasteiger partial charge in [-0.1, -0.05) is 6.92 Å². The van der Waals surface area contributed by atoms with E-state index in [9.17, 15) is 9.59 Å². The number of thioether (sulfide) groups is 1. The number of carbonyl (C=O) groups excluding carboxylic acids is 1. The number of hydrogen-bond acceptors (Lipinski definition) is 4.